The Kier molecular flexibility index (Phi) is 6.47. The molecule has 2 aromatic heterocycles. The molecular weight excluding hydrogens is 378 g/mol. The summed E-state index contributed by atoms with van der Waals surface area (Å²) >= 11 is 2.62. The molecule has 2 aromatic rings. The maximum absolute atomic E-state index is 12.7. The van der Waals surface area contributed by atoms with E-state index in [4.69, 9.17) is 4.74 Å². The van der Waals surface area contributed by atoms with Crippen LogP contribution in [0.5, 0.6) is 0 Å². The molecule has 0 saturated heterocycles. The second-order valence-corrected chi connectivity index (χ2v) is 6.96. The maximum Gasteiger partial charge on any atom is 0.342 e. The van der Waals surface area contributed by atoms with Gasteiger partial charge in [0.15, 0.2) is 6.10 Å². The van der Waals surface area contributed by atoms with Crippen LogP contribution in [-0.2, 0) is 14.3 Å². The summed E-state index contributed by atoms with van der Waals surface area (Å²) in [5, 5.41) is 10.8. The Morgan fingerprint density at radius 1 is 1.19 bits per heavy atom. The van der Waals surface area contributed by atoms with Crippen molar-refractivity contribution in [2.75, 3.05) is 12.4 Å². The summed E-state index contributed by atoms with van der Waals surface area (Å²) in [5.74, 6) is -1.85. The number of urea groups is 1. The zero-order chi connectivity index (χ0) is 19.3. The fourth-order valence-electron chi connectivity index (χ4n) is 1.97. The number of rotatable bonds is 5. The van der Waals surface area contributed by atoms with E-state index in [9.17, 15) is 19.2 Å². The minimum absolute atomic E-state index is 0.173. The van der Waals surface area contributed by atoms with Gasteiger partial charge < -0.3 is 15.4 Å². The molecule has 138 valence electrons. The van der Waals surface area contributed by atoms with Gasteiger partial charge >= 0.3 is 12.0 Å². The Hall–Kier alpha value is -2.72. The molecule has 0 aliphatic heterocycles. The van der Waals surface area contributed by atoms with Gasteiger partial charge in [0.25, 0.3) is 5.91 Å². The van der Waals surface area contributed by atoms with Crippen molar-refractivity contribution >= 4 is 51.5 Å². The van der Waals surface area contributed by atoms with E-state index < -0.39 is 24.0 Å². The fraction of sp³-hybridized carbons (Fsp3) is 0.250. The first-order valence-corrected chi connectivity index (χ1v) is 9.26. The summed E-state index contributed by atoms with van der Waals surface area (Å²) in [6, 6.07) is 2.97. The molecule has 4 amide bonds. The van der Waals surface area contributed by atoms with Gasteiger partial charge in [0.05, 0.1) is 0 Å². The molecule has 8 nitrogen and oxygen atoms in total. The van der Waals surface area contributed by atoms with Gasteiger partial charge in [-0.1, -0.05) is 6.07 Å². The Morgan fingerprint density at radius 3 is 2.50 bits per heavy atom. The molecule has 1 atom stereocenters. The standard InChI is InChI=1S/C16H17N3O5S2/c1-8(13(21)19-16(23)17-3)24-15(22)12-10(11-5-4-6-25-11)7-26-14(12)18-9(2)20/h4-8H,1-3H3,(H,18,20)(H2,17,19,21,23)/t8-/m0/s1. The number of nitrogens with one attached hydrogen (secondary N) is 3. The van der Waals surface area contributed by atoms with Crippen molar-refractivity contribution in [1.29, 1.82) is 0 Å². The normalized spacial score (nSPS) is 11.3. The summed E-state index contributed by atoms with van der Waals surface area (Å²) in [7, 11) is 1.36. The number of imide groups is 1. The number of amides is 4. The first-order valence-electron chi connectivity index (χ1n) is 7.50. The molecule has 0 aromatic carbocycles. The van der Waals surface area contributed by atoms with Crippen LogP contribution in [0, 0.1) is 0 Å². The third-order valence-electron chi connectivity index (χ3n) is 3.19. The molecule has 3 N–H and O–H groups in total. The predicted octanol–water partition coefficient (Wildman–Crippen LogP) is 2.44. The van der Waals surface area contributed by atoms with E-state index in [0.29, 0.717) is 10.6 Å². The number of carbonyl (C=O) groups excluding carboxylic acids is 4. The van der Waals surface area contributed by atoms with Gasteiger partial charge in [-0.2, -0.15) is 0 Å². The molecule has 0 radical (unpaired) electrons. The number of thiophene rings is 2. The van der Waals surface area contributed by atoms with Crippen molar-refractivity contribution < 1.29 is 23.9 Å². The van der Waals surface area contributed by atoms with Gasteiger partial charge in [-0.3, -0.25) is 14.9 Å². The van der Waals surface area contributed by atoms with Crippen LogP contribution in [0.4, 0.5) is 9.80 Å². The van der Waals surface area contributed by atoms with Crippen LogP contribution < -0.4 is 16.0 Å². The smallest absolute Gasteiger partial charge is 0.342 e. The van der Waals surface area contributed by atoms with E-state index in [1.807, 2.05) is 22.8 Å². The number of ether oxygens (including phenoxy) is 1. The maximum atomic E-state index is 12.7. The predicted molar refractivity (Wildman–Crippen MR) is 99.4 cm³/mol. The number of hydrogen-bond donors (Lipinski definition) is 3. The van der Waals surface area contributed by atoms with E-state index in [2.05, 4.69) is 10.6 Å². The average Bonchev–Trinajstić information content (AvgIpc) is 3.23. The van der Waals surface area contributed by atoms with E-state index >= 15 is 0 Å². The van der Waals surface area contributed by atoms with Gasteiger partial charge in [0, 0.05) is 29.8 Å². The Labute approximate surface area is 157 Å². The second kappa shape index (κ2) is 8.59. The van der Waals surface area contributed by atoms with Crippen LogP contribution in [0.3, 0.4) is 0 Å². The van der Waals surface area contributed by atoms with Gasteiger partial charge in [-0.15, -0.1) is 22.7 Å². The Morgan fingerprint density at radius 2 is 1.92 bits per heavy atom. The van der Waals surface area contributed by atoms with Gasteiger partial charge in [-0.25, -0.2) is 9.59 Å². The van der Waals surface area contributed by atoms with Crippen molar-refractivity contribution in [2.45, 2.75) is 20.0 Å². The average molecular weight is 395 g/mol. The molecule has 2 heterocycles. The highest BCUT2D eigenvalue weighted by Crippen LogP contribution is 2.38. The lowest BCUT2D eigenvalue weighted by Gasteiger charge is -2.14. The Balaban J connectivity index is 2.26. The highest BCUT2D eigenvalue weighted by molar-refractivity contribution is 7.17. The number of hydrogen-bond acceptors (Lipinski definition) is 7. The monoisotopic (exact) mass is 395 g/mol. The van der Waals surface area contributed by atoms with Crippen LogP contribution in [0.15, 0.2) is 22.9 Å². The Bertz CT molecular complexity index is 829. The van der Waals surface area contributed by atoms with E-state index in [1.165, 1.54) is 43.6 Å². The minimum atomic E-state index is -1.19. The van der Waals surface area contributed by atoms with Crippen molar-refractivity contribution in [3.8, 4) is 10.4 Å². The molecule has 26 heavy (non-hydrogen) atoms. The quantitative estimate of drug-likeness (QED) is 0.673. The summed E-state index contributed by atoms with van der Waals surface area (Å²) in [4.78, 5) is 48.0. The van der Waals surface area contributed by atoms with Crippen molar-refractivity contribution in [2.24, 2.45) is 0 Å². The van der Waals surface area contributed by atoms with E-state index in [0.717, 1.165) is 4.88 Å². The topological polar surface area (TPSA) is 114 Å². The minimum Gasteiger partial charge on any atom is -0.449 e. The number of carbonyl (C=O) groups is 4. The first kappa shape index (κ1) is 19.6. The lowest BCUT2D eigenvalue weighted by Crippen LogP contribution is -2.43. The van der Waals surface area contributed by atoms with Crippen molar-refractivity contribution in [3.05, 3.63) is 28.5 Å². The third kappa shape index (κ3) is 4.67. The molecule has 0 saturated carbocycles. The zero-order valence-electron chi connectivity index (χ0n) is 14.2. The molecular formula is C16H17N3O5S2. The summed E-state index contributed by atoms with van der Waals surface area (Å²) in [5.41, 5.74) is 0.782. The molecule has 0 aliphatic carbocycles. The van der Waals surface area contributed by atoms with Crippen LogP contribution in [0.25, 0.3) is 10.4 Å². The summed E-state index contributed by atoms with van der Waals surface area (Å²) < 4.78 is 5.19. The van der Waals surface area contributed by atoms with Gasteiger partial charge in [0.2, 0.25) is 5.91 Å². The van der Waals surface area contributed by atoms with Crippen molar-refractivity contribution in [3.63, 3.8) is 0 Å². The van der Waals surface area contributed by atoms with Gasteiger partial charge in [0.1, 0.15) is 10.6 Å². The number of esters is 1. The molecule has 10 heteroatoms. The summed E-state index contributed by atoms with van der Waals surface area (Å²) in [6.45, 7) is 2.69. The molecule has 0 fully saturated rings. The lowest BCUT2D eigenvalue weighted by atomic mass is 10.1. The number of anilines is 1. The van der Waals surface area contributed by atoms with Crippen molar-refractivity contribution in [1.82, 2.24) is 10.6 Å². The second-order valence-electron chi connectivity index (χ2n) is 5.13. The molecule has 0 aliphatic rings. The first-order chi connectivity index (χ1) is 12.3. The SMILES string of the molecule is CNC(=O)NC(=O)[C@H](C)OC(=O)c1c(-c2cccs2)csc1NC(C)=O. The van der Waals surface area contributed by atoms with E-state index in [1.54, 1.807) is 5.38 Å². The zero-order valence-corrected chi connectivity index (χ0v) is 15.9. The van der Waals surface area contributed by atoms with Crippen LogP contribution in [0.2, 0.25) is 0 Å². The van der Waals surface area contributed by atoms with E-state index in [-0.39, 0.29) is 11.5 Å². The molecule has 2 rings (SSSR count). The molecule has 0 spiro atoms. The highest BCUT2D eigenvalue weighted by Gasteiger charge is 2.27. The van der Waals surface area contributed by atoms with Gasteiger partial charge in [-0.05, 0) is 18.4 Å². The third-order valence-corrected chi connectivity index (χ3v) is 4.99. The lowest BCUT2D eigenvalue weighted by molar-refractivity contribution is -0.127. The fourth-order valence-corrected chi connectivity index (χ4v) is 3.79. The highest BCUT2D eigenvalue weighted by atomic mass is 32.1. The van der Waals surface area contributed by atoms with Crippen LogP contribution >= 0.6 is 22.7 Å². The van der Waals surface area contributed by atoms with Crippen LogP contribution in [-0.4, -0.2) is 37.0 Å². The van der Waals surface area contributed by atoms with Crippen LogP contribution in [0.1, 0.15) is 24.2 Å². The summed E-state index contributed by atoms with van der Waals surface area (Å²) in [6.07, 6.45) is -1.19. The molecule has 0 unspecified atom stereocenters. The largest absolute Gasteiger partial charge is 0.449 e. The molecule has 0 bridgehead atoms.